The molecule has 2 rings (SSSR count). The van der Waals surface area contributed by atoms with Crippen molar-refractivity contribution < 1.29 is 13.1 Å². The first-order valence-corrected chi connectivity index (χ1v) is 6.71. The quantitative estimate of drug-likeness (QED) is 0.836. The monoisotopic (exact) mass is 266 g/mol. The molecule has 0 atom stereocenters. The van der Waals surface area contributed by atoms with Crippen molar-refractivity contribution in [3.8, 4) is 0 Å². The van der Waals surface area contributed by atoms with Gasteiger partial charge in [0.05, 0.1) is 4.90 Å². The molecule has 0 radical (unpaired) electrons. The molecule has 0 bridgehead atoms. The first kappa shape index (κ1) is 14.2. The smallest absolute Gasteiger partial charge is 0.261 e. The Morgan fingerprint density at radius 1 is 0.889 bits per heavy atom. The van der Waals surface area contributed by atoms with Gasteiger partial charge in [-0.2, -0.15) is 0 Å². The fourth-order valence-electron chi connectivity index (χ4n) is 1.44. The van der Waals surface area contributed by atoms with Crippen molar-refractivity contribution in [1.82, 2.24) is 0 Å². The van der Waals surface area contributed by atoms with Crippen LogP contribution in [-0.2, 0) is 10.0 Å². The number of halogens is 1. The van der Waals surface area contributed by atoms with Gasteiger partial charge in [-0.15, -0.1) is 0 Å². The van der Waals surface area contributed by atoms with E-state index in [2.05, 4.69) is 4.72 Å². The summed E-state index contributed by atoms with van der Waals surface area (Å²) in [5.41, 5.74) is 1.59. The molecule has 0 aliphatic rings. The minimum Gasteiger partial charge on any atom is -1.00 e. The lowest BCUT2D eigenvalue weighted by molar-refractivity contribution is -0.00000589. The normalized spacial score (nSPS) is 10.5. The van der Waals surface area contributed by atoms with Gasteiger partial charge in [-0.1, -0.05) is 35.9 Å². The Kier molecular flexibility index (Phi) is 4.44. The average molecular weight is 266 g/mol. The molecule has 18 heavy (non-hydrogen) atoms. The molecule has 0 aliphatic carbocycles. The lowest BCUT2D eigenvalue weighted by atomic mass is 10.2. The highest BCUT2D eigenvalue weighted by molar-refractivity contribution is 7.92. The molecule has 96 valence electrons. The van der Waals surface area contributed by atoms with E-state index in [-0.39, 0.29) is 9.60 Å². The molecule has 2 aromatic rings. The van der Waals surface area contributed by atoms with E-state index in [4.69, 9.17) is 0 Å². The maximum Gasteiger partial charge on any atom is 0.261 e. The summed E-state index contributed by atoms with van der Waals surface area (Å²) in [6.45, 7) is 1.92. The van der Waals surface area contributed by atoms with Gasteiger partial charge in [0.1, 0.15) is 0 Å². The molecule has 0 heterocycles. The van der Waals surface area contributed by atoms with Crippen LogP contribution < -0.4 is 9.43 Å². The molecule has 0 aromatic heterocycles. The number of sulfonamides is 1. The van der Waals surface area contributed by atoms with Gasteiger partial charge in [0, 0.05) is 5.69 Å². The van der Waals surface area contributed by atoms with Gasteiger partial charge in [0.2, 0.25) is 0 Å². The Hall–Kier alpha value is -1.88. The molecule has 0 unspecified atom stereocenters. The van der Waals surface area contributed by atoms with Crippen molar-refractivity contribution in [3.05, 3.63) is 60.2 Å². The van der Waals surface area contributed by atoms with E-state index in [0.717, 1.165) is 5.56 Å². The fraction of sp³-hybridized carbons (Fsp3) is 0.0769. The predicted molar refractivity (Wildman–Crippen MR) is 68.4 cm³/mol. The van der Waals surface area contributed by atoms with Gasteiger partial charge in [0.15, 0.2) is 0 Å². The van der Waals surface area contributed by atoms with Gasteiger partial charge in [-0.05, 0) is 31.2 Å². The summed E-state index contributed by atoms with van der Waals surface area (Å²) in [6, 6.07) is 15.6. The van der Waals surface area contributed by atoms with Gasteiger partial charge in [-0.25, -0.2) is 8.42 Å². The molecule has 0 amide bonds. The van der Waals surface area contributed by atoms with Crippen LogP contribution in [0, 0.1) is 6.92 Å². The summed E-state index contributed by atoms with van der Waals surface area (Å²) in [7, 11) is -3.48. The number of hydrogen-bond acceptors (Lipinski definition) is 2. The number of para-hydroxylation sites is 1. The van der Waals surface area contributed by atoms with Crippen LogP contribution in [0.15, 0.2) is 59.5 Å². The highest BCUT2D eigenvalue weighted by atomic mass is 32.2. The van der Waals surface area contributed by atoms with Gasteiger partial charge in [-0.3, -0.25) is 4.72 Å². The SMILES string of the molecule is Cc1ccc(S(=O)(=O)Nc2ccccc2)cc1.[F-]. The highest BCUT2D eigenvalue weighted by Gasteiger charge is 2.12. The minimum atomic E-state index is -3.48. The summed E-state index contributed by atoms with van der Waals surface area (Å²) < 4.78 is 26.5. The molecule has 0 spiro atoms. The predicted octanol–water partition coefficient (Wildman–Crippen LogP) is -0.200. The van der Waals surface area contributed by atoms with Crippen molar-refractivity contribution in [1.29, 1.82) is 0 Å². The summed E-state index contributed by atoms with van der Waals surface area (Å²) in [4.78, 5) is 0.270. The van der Waals surface area contributed by atoms with Crippen LogP contribution in [0.5, 0.6) is 0 Å². The number of rotatable bonds is 3. The van der Waals surface area contributed by atoms with Crippen LogP contribution in [0.3, 0.4) is 0 Å². The number of anilines is 1. The van der Waals surface area contributed by atoms with E-state index < -0.39 is 10.0 Å². The standard InChI is InChI=1S/C13H13NO2S.FH/c1-11-7-9-13(10-8-11)17(15,16)14-12-5-3-2-4-6-12;/h2-10,14H,1H3;1H/p-1. The highest BCUT2D eigenvalue weighted by Crippen LogP contribution is 2.15. The third kappa shape index (κ3) is 3.30. The Labute approximate surface area is 106 Å². The second-order valence-electron chi connectivity index (χ2n) is 3.78. The zero-order chi connectivity index (χ0) is 12.3. The van der Waals surface area contributed by atoms with Crippen LogP contribution in [0.4, 0.5) is 5.69 Å². The molecule has 1 N–H and O–H groups in total. The summed E-state index contributed by atoms with van der Waals surface area (Å²) in [6.07, 6.45) is 0. The van der Waals surface area contributed by atoms with Gasteiger partial charge < -0.3 is 4.70 Å². The largest absolute Gasteiger partial charge is 1.00 e. The molecule has 3 nitrogen and oxygen atoms in total. The lowest BCUT2D eigenvalue weighted by Crippen LogP contribution is -3.00. The Balaban J connectivity index is 0.00000162. The Bertz CT molecular complexity index is 595. The molecular weight excluding hydrogens is 253 g/mol. The van der Waals surface area contributed by atoms with E-state index in [1.807, 2.05) is 13.0 Å². The van der Waals surface area contributed by atoms with Crippen molar-refractivity contribution >= 4 is 15.7 Å². The van der Waals surface area contributed by atoms with Crippen LogP contribution in [0.2, 0.25) is 0 Å². The van der Waals surface area contributed by atoms with Gasteiger partial charge >= 0.3 is 0 Å². The zero-order valence-corrected chi connectivity index (χ0v) is 10.6. The number of aryl methyl sites for hydroxylation is 1. The lowest BCUT2D eigenvalue weighted by Gasteiger charge is -2.07. The molecule has 0 aliphatic heterocycles. The van der Waals surface area contributed by atoms with Crippen LogP contribution >= 0.6 is 0 Å². The van der Waals surface area contributed by atoms with Crippen molar-refractivity contribution in [2.24, 2.45) is 0 Å². The maximum absolute atomic E-state index is 12.0. The molecular formula is C13H13FNO2S-. The summed E-state index contributed by atoms with van der Waals surface area (Å²) in [5.74, 6) is 0. The molecule has 5 heteroatoms. The van der Waals surface area contributed by atoms with E-state index in [1.54, 1.807) is 48.5 Å². The second kappa shape index (κ2) is 5.64. The van der Waals surface area contributed by atoms with E-state index in [0.29, 0.717) is 5.69 Å². The van der Waals surface area contributed by atoms with Crippen LogP contribution in [0.1, 0.15) is 5.56 Å². The average Bonchev–Trinajstić information content (AvgIpc) is 2.30. The van der Waals surface area contributed by atoms with E-state index in [1.165, 1.54) is 0 Å². The maximum atomic E-state index is 12.0. The number of hydrogen-bond donors (Lipinski definition) is 1. The minimum absolute atomic E-state index is 0. The third-order valence-electron chi connectivity index (χ3n) is 2.36. The first-order chi connectivity index (χ1) is 8.08. The zero-order valence-electron chi connectivity index (χ0n) is 9.80. The van der Waals surface area contributed by atoms with Crippen molar-refractivity contribution in [2.45, 2.75) is 11.8 Å². The summed E-state index contributed by atoms with van der Waals surface area (Å²) >= 11 is 0. The van der Waals surface area contributed by atoms with E-state index >= 15 is 0 Å². The van der Waals surface area contributed by atoms with Gasteiger partial charge in [0.25, 0.3) is 10.0 Å². The molecule has 2 aromatic carbocycles. The topological polar surface area (TPSA) is 46.2 Å². The molecule has 0 saturated heterocycles. The first-order valence-electron chi connectivity index (χ1n) is 5.22. The number of benzene rings is 2. The second-order valence-corrected chi connectivity index (χ2v) is 5.47. The third-order valence-corrected chi connectivity index (χ3v) is 3.75. The summed E-state index contributed by atoms with van der Waals surface area (Å²) in [5, 5.41) is 0. The van der Waals surface area contributed by atoms with Crippen molar-refractivity contribution in [2.75, 3.05) is 4.72 Å². The molecule has 0 fully saturated rings. The fourth-order valence-corrected chi connectivity index (χ4v) is 2.50. The van der Waals surface area contributed by atoms with E-state index in [9.17, 15) is 8.42 Å². The Morgan fingerprint density at radius 2 is 1.44 bits per heavy atom. The Morgan fingerprint density at radius 3 is 2.00 bits per heavy atom. The number of nitrogens with one attached hydrogen (secondary N) is 1. The van der Waals surface area contributed by atoms with Crippen molar-refractivity contribution in [3.63, 3.8) is 0 Å². The van der Waals surface area contributed by atoms with Crippen LogP contribution in [0.25, 0.3) is 0 Å². The molecule has 0 saturated carbocycles. The van der Waals surface area contributed by atoms with Crippen LogP contribution in [-0.4, -0.2) is 8.42 Å².